The fourth-order valence-electron chi connectivity index (χ4n) is 2.97. The number of rotatable bonds is 11. The molecule has 9 nitrogen and oxygen atoms in total. The van der Waals surface area contributed by atoms with Crippen LogP contribution >= 0.6 is 46.6 Å². The Morgan fingerprint density at radius 3 is 2.26 bits per heavy atom. The number of benzene rings is 2. The summed E-state index contributed by atoms with van der Waals surface area (Å²) >= 11 is 18.0. The number of carbonyl (C=O) groups excluding carboxylic acids is 1. The molecule has 0 aliphatic carbocycles. The van der Waals surface area contributed by atoms with E-state index >= 15 is 0 Å². The molecule has 0 spiro atoms. The Hall–Kier alpha value is -1.62. The minimum absolute atomic E-state index is 0.00231. The van der Waals surface area contributed by atoms with Crippen molar-refractivity contribution in [2.45, 2.75) is 36.4 Å². The number of ether oxygens (including phenoxy) is 1. The number of hydrogen-bond donors (Lipinski definition) is 2. The van der Waals surface area contributed by atoms with Crippen LogP contribution in [0, 0.1) is 0 Å². The number of primary sulfonamides is 1. The van der Waals surface area contributed by atoms with E-state index in [0.29, 0.717) is 6.07 Å². The molecule has 2 aromatic carbocycles. The lowest BCUT2D eigenvalue weighted by Crippen LogP contribution is -2.35. The summed E-state index contributed by atoms with van der Waals surface area (Å²) in [5.41, 5.74) is -6.22. The molecule has 218 valence electrons. The highest BCUT2D eigenvalue weighted by Crippen LogP contribution is 2.36. The predicted octanol–water partition coefficient (Wildman–Crippen LogP) is 5.03. The zero-order chi connectivity index (χ0) is 29.6. The van der Waals surface area contributed by atoms with Crippen LogP contribution in [0.5, 0.6) is 0 Å². The first-order valence-electron chi connectivity index (χ1n) is 10.7. The van der Waals surface area contributed by atoms with E-state index in [4.69, 9.17) is 44.7 Å². The van der Waals surface area contributed by atoms with Gasteiger partial charge in [-0.1, -0.05) is 53.0 Å². The number of sulfone groups is 1. The molecule has 0 aliphatic heterocycles. The zero-order valence-corrected chi connectivity index (χ0v) is 24.7. The Kier molecular flexibility index (Phi) is 11.5. The smallest absolute Gasteiger partial charge is 0.445 e. The minimum atomic E-state index is -5.98. The van der Waals surface area contributed by atoms with Crippen molar-refractivity contribution in [3.63, 3.8) is 0 Å². The summed E-state index contributed by atoms with van der Waals surface area (Å²) in [6, 6.07) is 10.3. The maximum absolute atomic E-state index is 13.4. The number of nitrogens with zero attached hydrogens (tertiary/aromatic N) is 1. The van der Waals surface area contributed by atoms with E-state index in [-0.39, 0.29) is 18.7 Å². The average molecular weight is 673 g/mol. The molecular formula is C21H23Cl3F3N3O6S3. The first kappa shape index (κ1) is 33.6. The average Bonchev–Trinajstić information content (AvgIpc) is 2.82. The molecule has 1 atom stereocenters. The van der Waals surface area contributed by atoms with E-state index in [1.165, 1.54) is 18.8 Å². The van der Waals surface area contributed by atoms with Crippen molar-refractivity contribution in [3.05, 3.63) is 48.5 Å². The van der Waals surface area contributed by atoms with Gasteiger partial charge >= 0.3 is 11.6 Å². The summed E-state index contributed by atoms with van der Waals surface area (Å²) in [5.74, 6) is 0.212. The molecule has 2 aromatic rings. The van der Waals surface area contributed by atoms with Crippen molar-refractivity contribution in [1.29, 1.82) is 0 Å². The van der Waals surface area contributed by atoms with Crippen LogP contribution in [-0.4, -0.2) is 69.1 Å². The van der Waals surface area contributed by atoms with Gasteiger partial charge in [-0.05, 0) is 36.8 Å². The Bertz CT molecular complexity index is 1360. The van der Waals surface area contributed by atoms with E-state index in [1.807, 2.05) is 0 Å². The van der Waals surface area contributed by atoms with Gasteiger partial charge in [0.05, 0.1) is 10.6 Å². The fourth-order valence-corrected chi connectivity index (χ4v) is 5.69. The number of carbonyl (C=O) groups is 1. The van der Waals surface area contributed by atoms with Gasteiger partial charge in [-0.15, -0.1) is 11.8 Å². The van der Waals surface area contributed by atoms with Crippen molar-refractivity contribution in [2.75, 3.05) is 31.3 Å². The second-order valence-corrected chi connectivity index (χ2v) is 15.1. The van der Waals surface area contributed by atoms with E-state index < -0.39 is 63.4 Å². The molecule has 0 heterocycles. The van der Waals surface area contributed by atoms with Crippen LogP contribution in [-0.2, 0) is 24.6 Å². The van der Waals surface area contributed by atoms with Crippen molar-refractivity contribution in [1.82, 2.24) is 4.90 Å². The normalized spacial score (nSPS) is 13.5. The van der Waals surface area contributed by atoms with E-state index in [2.05, 4.69) is 5.32 Å². The van der Waals surface area contributed by atoms with Crippen molar-refractivity contribution in [3.8, 4) is 0 Å². The fraction of sp³-hybridized carbons (Fsp3) is 0.381. The largest absolute Gasteiger partial charge is 0.501 e. The maximum atomic E-state index is 13.4. The molecule has 0 aliphatic rings. The summed E-state index contributed by atoms with van der Waals surface area (Å²) < 4.78 is 91.5. The number of sulfonamides is 1. The number of amides is 1. The first-order chi connectivity index (χ1) is 17.8. The van der Waals surface area contributed by atoms with Crippen LogP contribution < -0.4 is 10.5 Å². The number of anilines is 1. The van der Waals surface area contributed by atoms with Gasteiger partial charge < -0.3 is 15.0 Å². The predicted molar refractivity (Wildman–Crippen MR) is 145 cm³/mol. The highest BCUT2D eigenvalue weighted by Gasteiger charge is 2.48. The Balaban J connectivity index is 2.37. The van der Waals surface area contributed by atoms with Crippen LogP contribution in [0.15, 0.2) is 63.2 Å². The first-order valence-corrected chi connectivity index (χ1v) is 15.8. The lowest BCUT2D eigenvalue weighted by Gasteiger charge is -2.25. The van der Waals surface area contributed by atoms with Gasteiger partial charge in [-0.25, -0.2) is 26.8 Å². The lowest BCUT2D eigenvalue weighted by molar-refractivity contribution is -0.0435. The van der Waals surface area contributed by atoms with Gasteiger partial charge in [0.15, 0.2) is 0 Å². The second-order valence-electron chi connectivity index (χ2n) is 8.00. The molecule has 0 radical (unpaired) electrons. The van der Waals surface area contributed by atoms with Gasteiger partial charge in [-0.3, -0.25) is 0 Å². The summed E-state index contributed by atoms with van der Waals surface area (Å²) in [6.07, 6.45) is -0.740. The number of alkyl halides is 6. The SMILES string of the molecule is CN(CCC(CSc1ccccc1)Nc1ccc(S(N)(=O)=O)cc1S(=O)(=O)C(F)(F)F)C(=O)OCC(Cl)(Cl)Cl. The van der Waals surface area contributed by atoms with E-state index in [9.17, 15) is 34.8 Å². The third-order valence-electron chi connectivity index (χ3n) is 4.91. The Morgan fingerprint density at radius 2 is 1.72 bits per heavy atom. The Labute approximate surface area is 243 Å². The maximum Gasteiger partial charge on any atom is 0.501 e. The van der Waals surface area contributed by atoms with E-state index in [1.54, 1.807) is 30.3 Å². The number of halogens is 6. The van der Waals surface area contributed by atoms with Crippen molar-refractivity contribution >= 4 is 78.2 Å². The number of thioether (sulfide) groups is 1. The number of hydrogen-bond acceptors (Lipinski definition) is 8. The molecule has 39 heavy (non-hydrogen) atoms. The van der Waals surface area contributed by atoms with Crippen LogP contribution in [0.25, 0.3) is 0 Å². The van der Waals surface area contributed by atoms with Gasteiger partial charge in [0, 0.05) is 30.3 Å². The molecule has 0 bridgehead atoms. The molecule has 0 aromatic heterocycles. The molecule has 0 saturated carbocycles. The molecule has 1 amide bonds. The highest BCUT2D eigenvalue weighted by atomic mass is 35.6. The standard InChI is InChI=1S/C21H23Cl3F3N3O6S3/c1-30(19(31)36-13-20(22,23)24)10-9-14(12-37-15-5-3-2-4-6-15)29-17-8-7-16(39(28,34)35)11-18(17)38(32,33)21(25,26)27/h2-8,11,14,29H,9-10,12-13H2,1H3,(H2,28,34,35). The highest BCUT2D eigenvalue weighted by molar-refractivity contribution is 7.99. The van der Waals surface area contributed by atoms with E-state index in [0.717, 1.165) is 21.9 Å². The van der Waals surface area contributed by atoms with Crippen LogP contribution in [0.4, 0.5) is 23.7 Å². The van der Waals surface area contributed by atoms with Crippen LogP contribution in [0.3, 0.4) is 0 Å². The molecule has 1 unspecified atom stereocenters. The molecule has 0 fully saturated rings. The summed E-state index contributed by atoms with van der Waals surface area (Å²) in [4.78, 5) is 12.0. The minimum Gasteiger partial charge on any atom is -0.445 e. The molecule has 18 heteroatoms. The molecule has 3 N–H and O–H groups in total. The third-order valence-corrected chi connectivity index (χ3v) is 8.85. The third kappa shape index (κ3) is 10.4. The summed E-state index contributed by atoms with van der Waals surface area (Å²) in [7, 11) is -9.12. The van der Waals surface area contributed by atoms with Crippen molar-refractivity contribution in [2.24, 2.45) is 5.14 Å². The number of nitrogens with two attached hydrogens (primary N) is 1. The molecule has 0 saturated heterocycles. The topological polar surface area (TPSA) is 136 Å². The van der Waals surface area contributed by atoms with Gasteiger partial charge in [0.25, 0.3) is 9.84 Å². The van der Waals surface area contributed by atoms with Crippen LogP contribution in [0.2, 0.25) is 0 Å². The molecular weight excluding hydrogens is 650 g/mol. The summed E-state index contributed by atoms with van der Waals surface area (Å²) in [5, 5.41) is 7.75. The lowest BCUT2D eigenvalue weighted by atomic mass is 10.2. The van der Waals surface area contributed by atoms with Crippen LogP contribution in [0.1, 0.15) is 6.42 Å². The number of nitrogens with one attached hydrogen (secondary N) is 1. The van der Waals surface area contributed by atoms with Crippen molar-refractivity contribution < 1.29 is 39.5 Å². The van der Waals surface area contributed by atoms with Gasteiger partial charge in [0.1, 0.15) is 11.5 Å². The summed E-state index contributed by atoms with van der Waals surface area (Å²) in [6.45, 7) is -0.524. The zero-order valence-electron chi connectivity index (χ0n) is 20.0. The quantitative estimate of drug-likeness (QED) is 0.251. The Morgan fingerprint density at radius 1 is 1.10 bits per heavy atom. The van der Waals surface area contributed by atoms with Gasteiger partial charge in [-0.2, -0.15) is 13.2 Å². The van der Waals surface area contributed by atoms with Gasteiger partial charge in [0.2, 0.25) is 13.8 Å². The monoisotopic (exact) mass is 671 g/mol. The second kappa shape index (κ2) is 13.4. The molecule has 2 rings (SSSR count).